The highest BCUT2D eigenvalue weighted by atomic mass is 16.5. The second-order valence-electron chi connectivity index (χ2n) is 6.01. The predicted octanol–water partition coefficient (Wildman–Crippen LogP) is 2.33. The summed E-state index contributed by atoms with van der Waals surface area (Å²) in [6.07, 6.45) is 2.26. The summed E-state index contributed by atoms with van der Waals surface area (Å²) >= 11 is 0. The summed E-state index contributed by atoms with van der Waals surface area (Å²) in [6.45, 7) is 2.43. The van der Waals surface area contributed by atoms with Crippen LogP contribution in [0.5, 0.6) is 0 Å². The molecule has 0 aliphatic carbocycles. The number of amides is 2. The smallest absolute Gasteiger partial charge is 0.411 e. The number of carbonyl (C=O) groups excluding carboxylic acids is 2. The lowest BCUT2D eigenvalue weighted by Gasteiger charge is -2.17. The Balaban J connectivity index is 0.000000755. The number of benzene rings is 1. The maximum atomic E-state index is 11.9. The number of aromatic nitrogens is 3. The molecular formula is C18H20N6O5. The number of rotatable bonds is 4. The van der Waals surface area contributed by atoms with Crippen LogP contribution in [-0.2, 0) is 14.3 Å². The number of anilines is 2. The fourth-order valence-electron chi connectivity index (χ4n) is 3.11. The lowest BCUT2D eigenvalue weighted by Crippen LogP contribution is -2.31. The van der Waals surface area contributed by atoms with Crippen LogP contribution in [0.4, 0.5) is 16.3 Å². The van der Waals surface area contributed by atoms with E-state index in [0.29, 0.717) is 35.6 Å². The van der Waals surface area contributed by atoms with Crippen LogP contribution in [0.3, 0.4) is 0 Å². The van der Waals surface area contributed by atoms with Crippen LogP contribution in [0.15, 0.2) is 24.5 Å². The highest BCUT2D eigenvalue weighted by molar-refractivity contribution is 6.15. The van der Waals surface area contributed by atoms with Gasteiger partial charge in [-0.3, -0.25) is 25.3 Å². The van der Waals surface area contributed by atoms with Gasteiger partial charge in [0, 0.05) is 18.4 Å². The third-order valence-corrected chi connectivity index (χ3v) is 4.25. The van der Waals surface area contributed by atoms with E-state index < -0.39 is 6.09 Å². The summed E-state index contributed by atoms with van der Waals surface area (Å²) in [5, 5.41) is 12.8. The van der Waals surface area contributed by atoms with Crippen molar-refractivity contribution in [2.45, 2.75) is 19.8 Å². The molecule has 1 aromatic carbocycles. The number of fused-ring (bicyclic) bond motifs is 3. The Morgan fingerprint density at radius 3 is 2.90 bits per heavy atom. The minimum atomic E-state index is -0.522. The minimum absolute atomic E-state index is 0.0428. The van der Waals surface area contributed by atoms with Crippen molar-refractivity contribution in [3.63, 3.8) is 0 Å². The SMILES string of the molecule is CCOC(=O)Nc1cccc2c1[nH]c1ncnc(NN3CCCC3=O)c12.O=CO. The van der Waals surface area contributed by atoms with Crippen molar-refractivity contribution in [1.82, 2.24) is 20.0 Å². The molecule has 0 spiro atoms. The summed E-state index contributed by atoms with van der Waals surface area (Å²) in [7, 11) is 0. The number of carbonyl (C=O) groups is 3. The number of nitrogens with zero attached hydrogens (tertiary/aromatic N) is 3. The van der Waals surface area contributed by atoms with Crippen molar-refractivity contribution in [1.29, 1.82) is 0 Å². The second kappa shape index (κ2) is 8.87. The topological polar surface area (TPSA) is 150 Å². The molecule has 11 nitrogen and oxygen atoms in total. The Morgan fingerprint density at radius 2 is 2.21 bits per heavy atom. The molecule has 0 bridgehead atoms. The molecule has 11 heteroatoms. The van der Waals surface area contributed by atoms with Crippen LogP contribution in [0, 0.1) is 0 Å². The number of ether oxygens (including phenoxy) is 1. The van der Waals surface area contributed by atoms with Gasteiger partial charge in [0.25, 0.3) is 6.47 Å². The van der Waals surface area contributed by atoms with E-state index in [9.17, 15) is 9.59 Å². The van der Waals surface area contributed by atoms with Gasteiger partial charge in [0.2, 0.25) is 5.91 Å². The van der Waals surface area contributed by atoms with Crippen LogP contribution in [0.1, 0.15) is 19.8 Å². The molecule has 4 rings (SSSR count). The largest absolute Gasteiger partial charge is 0.483 e. The minimum Gasteiger partial charge on any atom is -0.483 e. The zero-order valence-corrected chi connectivity index (χ0v) is 15.6. The predicted molar refractivity (Wildman–Crippen MR) is 105 cm³/mol. The Labute approximate surface area is 165 Å². The fourth-order valence-corrected chi connectivity index (χ4v) is 3.11. The molecule has 1 saturated heterocycles. The van der Waals surface area contributed by atoms with Gasteiger partial charge in [-0.2, -0.15) is 0 Å². The fraction of sp³-hybridized carbons (Fsp3) is 0.278. The Hall–Kier alpha value is -3.89. The molecule has 1 fully saturated rings. The monoisotopic (exact) mass is 400 g/mol. The summed E-state index contributed by atoms with van der Waals surface area (Å²) in [5.74, 6) is 0.589. The van der Waals surface area contributed by atoms with Gasteiger partial charge in [0.15, 0.2) is 5.82 Å². The van der Waals surface area contributed by atoms with E-state index in [1.807, 2.05) is 12.1 Å². The molecule has 4 N–H and O–H groups in total. The molecule has 2 amide bonds. The van der Waals surface area contributed by atoms with Crippen LogP contribution in [0.2, 0.25) is 0 Å². The van der Waals surface area contributed by atoms with Crippen molar-refractivity contribution in [3.05, 3.63) is 24.5 Å². The molecule has 3 aromatic rings. The van der Waals surface area contributed by atoms with Gasteiger partial charge in [-0.25, -0.2) is 14.8 Å². The summed E-state index contributed by atoms with van der Waals surface area (Å²) in [6, 6.07) is 5.51. The average molecular weight is 400 g/mol. The van der Waals surface area contributed by atoms with E-state index in [0.717, 1.165) is 17.2 Å². The van der Waals surface area contributed by atoms with Crippen molar-refractivity contribution >= 4 is 51.9 Å². The second-order valence-corrected chi connectivity index (χ2v) is 6.01. The van der Waals surface area contributed by atoms with Crippen LogP contribution < -0.4 is 10.7 Å². The van der Waals surface area contributed by atoms with Crippen molar-refractivity contribution in [3.8, 4) is 0 Å². The number of nitrogens with one attached hydrogen (secondary N) is 3. The van der Waals surface area contributed by atoms with Crippen molar-refractivity contribution in [2.24, 2.45) is 0 Å². The summed E-state index contributed by atoms with van der Waals surface area (Å²) in [5.41, 5.74) is 5.01. The van der Waals surface area contributed by atoms with E-state index in [1.165, 1.54) is 6.33 Å². The first-order chi connectivity index (χ1) is 14.1. The molecule has 3 heterocycles. The molecule has 0 unspecified atom stereocenters. The average Bonchev–Trinajstić information content (AvgIpc) is 3.27. The maximum Gasteiger partial charge on any atom is 0.411 e. The Kier molecular flexibility index (Phi) is 6.07. The Bertz CT molecular complexity index is 1050. The van der Waals surface area contributed by atoms with Gasteiger partial charge in [-0.05, 0) is 19.4 Å². The quantitative estimate of drug-likeness (QED) is 0.487. The van der Waals surface area contributed by atoms with Gasteiger partial charge >= 0.3 is 6.09 Å². The van der Waals surface area contributed by atoms with E-state index >= 15 is 0 Å². The highest BCUT2D eigenvalue weighted by Crippen LogP contribution is 2.33. The molecule has 1 aliphatic heterocycles. The first-order valence-electron chi connectivity index (χ1n) is 8.93. The molecule has 0 saturated carbocycles. The molecule has 29 heavy (non-hydrogen) atoms. The van der Waals surface area contributed by atoms with E-state index in [2.05, 4.69) is 25.7 Å². The van der Waals surface area contributed by atoms with Gasteiger partial charge in [0.05, 0.1) is 23.2 Å². The molecule has 0 atom stereocenters. The number of hydrazine groups is 1. The number of H-pyrrole nitrogens is 1. The van der Waals surface area contributed by atoms with E-state index in [-0.39, 0.29) is 19.0 Å². The van der Waals surface area contributed by atoms with E-state index in [1.54, 1.807) is 18.0 Å². The normalized spacial score (nSPS) is 13.1. The molecule has 2 aromatic heterocycles. The molecule has 152 valence electrons. The number of aromatic amines is 1. The summed E-state index contributed by atoms with van der Waals surface area (Å²) in [4.78, 5) is 43.8. The number of para-hydroxylation sites is 1. The zero-order valence-electron chi connectivity index (χ0n) is 15.6. The maximum absolute atomic E-state index is 11.9. The van der Waals surface area contributed by atoms with Gasteiger partial charge < -0.3 is 14.8 Å². The van der Waals surface area contributed by atoms with E-state index in [4.69, 9.17) is 14.6 Å². The third kappa shape index (κ3) is 4.18. The first kappa shape index (κ1) is 19.9. The van der Waals surface area contributed by atoms with Gasteiger partial charge in [-0.1, -0.05) is 12.1 Å². The molecule has 0 radical (unpaired) electrons. The first-order valence-corrected chi connectivity index (χ1v) is 8.93. The molecular weight excluding hydrogens is 380 g/mol. The van der Waals surface area contributed by atoms with Crippen LogP contribution in [0.25, 0.3) is 21.9 Å². The van der Waals surface area contributed by atoms with Gasteiger partial charge in [0.1, 0.15) is 12.0 Å². The van der Waals surface area contributed by atoms with Crippen LogP contribution >= 0.6 is 0 Å². The lowest BCUT2D eigenvalue weighted by molar-refractivity contribution is -0.126. The van der Waals surface area contributed by atoms with Crippen molar-refractivity contribution < 1.29 is 24.2 Å². The van der Waals surface area contributed by atoms with Crippen LogP contribution in [-0.4, -0.2) is 56.7 Å². The zero-order chi connectivity index (χ0) is 20.8. The standard InChI is InChI=1S/C17H18N6O3.CH2O2/c1-2-26-17(25)20-11-6-3-5-10-13-15(21-14(10)11)18-9-19-16(13)22-23-8-4-7-12(23)24;2-1-3/h3,5-6,9H,2,4,7-8H2,1H3,(H,20,25)(H2,18,19,21,22);1H,(H,2,3). The number of carboxylic acid groups (broad SMARTS) is 1. The number of hydrogen-bond donors (Lipinski definition) is 4. The van der Waals surface area contributed by atoms with Gasteiger partial charge in [-0.15, -0.1) is 0 Å². The van der Waals surface area contributed by atoms with Crippen molar-refractivity contribution in [2.75, 3.05) is 23.9 Å². The Morgan fingerprint density at radius 1 is 1.41 bits per heavy atom. The summed E-state index contributed by atoms with van der Waals surface area (Å²) < 4.78 is 4.94. The third-order valence-electron chi connectivity index (χ3n) is 4.25. The highest BCUT2D eigenvalue weighted by Gasteiger charge is 2.22. The lowest BCUT2D eigenvalue weighted by atomic mass is 10.2. The molecule has 1 aliphatic rings. The number of hydrogen-bond acceptors (Lipinski definition) is 7.